The number of aliphatic hydroxyl groups is 1. The van der Waals surface area contributed by atoms with E-state index in [2.05, 4.69) is 15.0 Å². The smallest absolute Gasteiger partial charge is 0.475 e. The molecule has 0 fully saturated rings. The molecular formula is C16H13ClF3N3O6S. The molecule has 1 aliphatic heterocycles. The van der Waals surface area contributed by atoms with E-state index in [4.69, 9.17) is 21.4 Å². The lowest BCUT2D eigenvalue weighted by Gasteiger charge is -2.15. The van der Waals surface area contributed by atoms with Gasteiger partial charge in [-0.2, -0.15) is 0 Å². The van der Waals surface area contributed by atoms with Crippen molar-refractivity contribution in [3.63, 3.8) is 0 Å². The third-order valence-electron chi connectivity index (χ3n) is 3.75. The van der Waals surface area contributed by atoms with Gasteiger partial charge < -0.3 is 19.9 Å². The molecule has 2 aromatic rings. The third-order valence-corrected chi connectivity index (χ3v) is 5.38. The van der Waals surface area contributed by atoms with Crippen LogP contribution >= 0.6 is 11.6 Å². The lowest BCUT2D eigenvalue weighted by molar-refractivity contribution is -0.275. The van der Waals surface area contributed by atoms with Gasteiger partial charge >= 0.3 is 6.36 Å². The largest absolute Gasteiger partial charge is 0.573 e. The van der Waals surface area contributed by atoms with Crippen LogP contribution in [0.2, 0.25) is 5.02 Å². The fourth-order valence-corrected chi connectivity index (χ4v) is 3.90. The summed E-state index contributed by atoms with van der Waals surface area (Å²) in [6, 6.07) is 2.97. The van der Waals surface area contributed by atoms with Gasteiger partial charge in [0.15, 0.2) is 0 Å². The Morgan fingerprint density at radius 3 is 2.77 bits per heavy atom. The molecule has 9 nitrogen and oxygen atoms in total. The van der Waals surface area contributed by atoms with Crippen LogP contribution in [0.25, 0.3) is 0 Å². The fourth-order valence-electron chi connectivity index (χ4n) is 2.48. The minimum atomic E-state index is -5.14. The summed E-state index contributed by atoms with van der Waals surface area (Å²) < 4.78 is 74.2. The van der Waals surface area contributed by atoms with Crippen LogP contribution in [-0.2, 0) is 10.0 Å². The molecule has 30 heavy (non-hydrogen) atoms. The number of nitrogens with one attached hydrogen (secondary N) is 2. The number of amides is 1. The molecule has 0 aliphatic carbocycles. The first kappa shape index (κ1) is 21.9. The number of hydrogen-bond acceptors (Lipinski definition) is 7. The maximum absolute atomic E-state index is 12.7. The standard InChI is InChI=1S/C16H13ClF3N3O6S/c17-8-1-2-12(29-16(18,19)20)13(3-8)30(26,27)23-9-4-11-14(25)22-10(6-24)7-28-15(11)21-5-9/h1-5,10,23-24H,6-7H2,(H,22,25). The van der Waals surface area contributed by atoms with E-state index in [1.165, 1.54) is 0 Å². The van der Waals surface area contributed by atoms with Crippen LogP contribution in [0.1, 0.15) is 10.4 Å². The Kier molecular flexibility index (Phi) is 5.97. The number of alkyl halides is 3. The molecule has 1 aromatic carbocycles. The summed E-state index contributed by atoms with van der Waals surface area (Å²) in [5.74, 6) is -1.77. The quantitative estimate of drug-likeness (QED) is 0.613. The zero-order chi connectivity index (χ0) is 22.1. The summed E-state index contributed by atoms with van der Waals surface area (Å²) in [5.41, 5.74) is -0.364. The predicted molar refractivity (Wildman–Crippen MR) is 97.0 cm³/mol. The molecule has 0 radical (unpaired) electrons. The van der Waals surface area contributed by atoms with Crippen molar-refractivity contribution in [3.05, 3.63) is 41.0 Å². The van der Waals surface area contributed by atoms with Gasteiger partial charge in [-0.3, -0.25) is 9.52 Å². The highest BCUT2D eigenvalue weighted by Crippen LogP contribution is 2.33. The molecule has 0 spiro atoms. The van der Waals surface area contributed by atoms with Gasteiger partial charge in [0.1, 0.15) is 22.8 Å². The summed E-state index contributed by atoms with van der Waals surface area (Å²) in [4.78, 5) is 15.2. The number of pyridine rings is 1. The van der Waals surface area contributed by atoms with Gasteiger partial charge in [-0.05, 0) is 24.3 Å². The van der Waals surface area contributed by atoms with E-state index in [1.807, 2.05) is 4.72 Å². The van der Waals surface area contributed by atoms with E-state index in [0.717, 1.165) is 30.5 Å². The number of hydrogen-bond donors (Lipinski definition) is 3. The number of nitrogens with zero attached hydrogens (tertiary/aromatic N) is 1. The summed E-state index contributed by atoms with van der Waals surface area (Å²) >= 11 is 5.73. The van der Waals surface area contributed by atoms with Gasteiger partial charge in [-0.1, -0.05) is 11.6 Å². The van der Waals surface area contributed by atoms with Crippen molar-refractivity contribution < 1.29 is 41.0 Å². The van der Waals surface area contributed by atoms with Crippen molar-refractivity contribution in [3.8, 4) is 11.6 Å². The molecule has 3 N–H and O–H groups in total. The SMILES string of the molecule is O=C1NC(CO)COc2ncc(NS(=O)(=O)c3cc(Cl)ccc3OC(F)(F)F)cc21. The van der Waals surface area contributed by atoms with Gasteiger partial charge in [-0.25, -0.2) is 13.4 Å². The summed E-state index contributed by atoms with van der Waals surface area (Å²) in [6.45, 7) is -0.454. The van der Waals surface area contributed by atoms with Crippen LogP contribution in [0, 0.1) is 0 Å². The van der Waals surface area contributed by atoms with Gasteiger partial charge in [-0.15, -0.1) is 13.2 Å². The molecule has 1 aromatic heterocycles. The molecule has 1 amide bonds. The highest BCUT2D eigenvalue weighted by Gasteiger charge is 2.34. The maximum atomic E-state index is 12.7. The number of carbonyl (C=O) groups is 1. The van der Waals surface area contributed by atoms with Crippen molar-refractivity contribution >= 4 is 33.2 Å². The van der Waals surface area contributed by atoms with E-state index in [9.17, 15) is 26.4 Å². The molecule has 2 heterocycles. The Morgan fingerprint density at radius 1 is 1.37 bits per heavy atom. The maximum Gasteiger partial charge on any atom is 0.573 e. The van der Waals surface area contributed by atoms with E-state index in [-0.39, 0.29) is 28.8 Å². The Morgan fingerprint density at radius 2 is 2.10 bits per heavy atom. The lowest BCUT2D eigenvalue weighted by Crippen LogP contribution is -2.39. The lowest BCUT2D eigenvalue weighted by atomic mass is 10.2. The van der Waals surface area contributed by atoms with Crippen LogP contribution in [0.4, 0.5) is 18.9 Å². The molecule has 162 valence electrons. The monoisotopic (exact) mass is 467 g/mol. The highest BCUT2D eigenvalue weighted by molar-refractivity contribution is 7.92. The minimum absolute atomic E-state index is 0.0615. The topological polar surface area (TPSA) is 127 Å². The van der Waals surface area contributed by atoms with E-state index < -0.39 is 45.6 Å². The summed E-state index contributed by atoms with van der Waals surface area (Å²) in [5, 5.41) is 11.5. The number of benzene rings is 1. The van der Waals surface area contributed by atoms with Crippen molar-refractivity contribution in [1.29, 1.82) is 0 Å². The van der Waals surface area contributed by atoms with Crippen LogP contribution in [0.15, 0.2) is 35.4 Å². The molecule has 1 unspecified atom stereocenters. The van der Waals surface area contributed by atoms with Crippen molar-refractivity contribution in [2.24, 2.45) is 0 Å². The van der Waals surface area contributed by atoms with Crippen molar-refractivity contribution in [1.82, 2.24) is 10.3 Å². The van der Waals surface area contributed by atoms with Gasteiger partial charge in [0, 0.05) is 5.02 Å². The third kappa shape index (κ3) is 5.04. The number of halogens is 4. The molecule has 0 saturated heterocycles. The number of sulfonamides is 1. The zero-order valence-electron chi connectivity index (χ0n) is 14.7. The number of anilines is 1. The van der Waals surface area contributed by atoms with E-state index in [1.54, 1.807) is 0 Å². The molecule has 3 rings (SSSR count). The van der Waals surface area contributed by atoms with Crippen LogP contribution < -0.4 is 19.5 Å². The second-order valence-electron chi connectivity index (χ2n) is 5.99. The number of carbonyl (C=O) groups excluding carboxylic acids is 1. The highest BCUT2D eigenvalue weighted by atomic mass is 35.5. The molecule has 0 saturated carbocycles. The Balaban J connectivity index is 1.94. The molecular weight excluding hydrogens is 455 g/mol. The van der Waals surface area contributed by atoms with Crippen molar-refractivity contribution in [2.45, 2.75) is 17.3 Å². The van der Waals surface area contributed by atoms with Gasteiger partial charge in [0.2, 0.25) is 5.88 Å². The van der Waals surface area contributed by atoms with Crippen LogP contribution in [0.3, 0.4) is 0 Å². The zero-order valence-corrected chi connectivity index (χ0v) is 16.3. The predicted octanol–water partition coefficient (Wildman–Crippen LogP) is 1.92. The first-order chi connectivity index (χ1) is 14.0. The Bertz CT molecular complexity index is 1080. The molecule has 1 aliphatic rings. The molecule has 1 atom stereocenters. The fraction of sp³-hybridized carbons (Fsp3) is 0.250. The number of fused-ring (bicyclic) bond motifs is 1. The average Bonchev–Trinajstić information content (AvgIpc) is 2.80. The average molecular weight is 468 g/mol. The summed E-state index contributed by atoms with van der Waals surface area (Å²) in [7, 11) is -4.62. The number of rotatable bonds is 5. The molecule has 14 heteroatoms. The normalized spacial score (nSPS) is 16.7. The Hall–Kier alpha value is -2.77. The second kappa shape index (κ2) is 8.16. The van der Waals surface area contributed by atoms with Gasteiger partial charge in [0.25, 0.3) is 15.9 Å². The second-order valence-corrected chi connectivity index (χ2v) is 8.07. The first-order valence-electron chi connectivity index (χ1n) is 8.11. The Labute approximate surface area is 172 Å². The number of aliphatic hydroxyl groups excluding tert-OH is 1. The van der Waals surface area contributed by atoms with E-state index in [0.29, 0.717) is 0 Å². The minimum Gasteiger partial charge on any atom is -0.475 e. The number of aromatic nitrogens is 1. The van der Waals surface area contributed by atoms with Gasteiger partial charge in [0.05, 0.1) is 24.5 Å². The van der Waals surface area contributed by atoms with E-state index >= 15 is 0 Å². The van der Waals surface area contributed by atoms with Crippen LogP contribution in [0.5, 0.6) is 11.6 Å². The summed E-state index contributed by atoms with van der Waals surface area (Å²) in [6.07, 6.45) is -4.12. The number of ether oxygens (including phenoxy) is 2. The van der Waals surface area contributed by atoms with Crippen LogP contribution in [-0.4, -0.2) is 50.0 Å². The molecule has 0 bridgehead atoms. The first-order valence-corrected chi connectivity index (χ1v) is 9.97. The van der Waals surface area contributed by atoms with Crippen molar-refractivity contribution in [2.75, 3.05) is 17.9 Å².